The largest absolute Gasteiger partial charge is 0.465 e. The Morgan fingerprint density at radius 3 is 2.23 bits per heavy atom. The van der Waals surface area contributed by atoms with Crippen molar-refractivity contribution in [2.45, 2.75) is 18.3 Å². The maximum Gasteiger partial charge on any atom is 0.410 e. The molecule has 30 heavy (non-hydrogen) atoms. The fourth-order valence-electron chi connectivity index (χ4n) is 3.46. The highest BCUT2D eigenvalue weighted by Crippen LogP contribution is 2.48. The average Bonchev–Trinajstić information content (AvgIpc) is 3.48. The Morgan fingerprint density at radius 2 is 1.70 bits per heavy atom. The van der Waals surface area contributed by atoms with Crippen LogP contribution in [0.4, 0.5) is 10.6 Å². The van der Waals surface area contributed by atoms with Crippen LogP contribution < -0.4 is 10.6 Å². The molecule has 0 bridgehead atoms. The summed E-state index contributed by atoms with van der Waals surface area (Å²) in [5, 5.41) is 26.5. The smallest absolute Gasteiger partial charge is 0.410 e. The lowest BCUT2D eigenvalue weighted by atomic mass is 9.93. The van der Waals surface area contributed by atoms with Crippen LogP contribution in [0.3, 0.4) is 0 Å². The molecular formula is C21H16ClN5O3. The lowest BCUT2D eigenvalue weighted by Gasteiger charge is -2.14. The van der Waals surface area contributed by atoms with Crippen molar-refractivity contribution in [1.82, 2.24) is 15.1 Å². The first-order chi connectivity index (χ1) is 14.4. The lowest BCUT2D eigenvalue weighted by molar-refractivity contribution is -0.122. The fourth-order valence-corrected chi connectivity index (χ4v) is 3.63. The van der Waals surface area contributed by atoms with Gasteiger partial charge in [0.2, 0.25) is 5.91 Å². The van der Waals surface area contributed by atoms with E-state index in [9.17, 15) is 9.59 Å². The Bertz CT molecular complexity index is 1160. The van der Waals surface area contributed by atoms with Crippen LogP contribution in [-0.4, -0.2) is 26.9 Å². The number of hydrogen-bond acceptors (Lipinski definition) is 4. The topological polar surface area (TPSA) is 120 Å². The highest BCUT2D eigenvalue weighted by molar-refractivity contribution is 6.33. The van der Waals surface area contributed by atoms with Crippen molar-refractivity contribution in [2.75, 3.05) is 5.32 Å². The highest BCUT2D eigenvalue weighted by atomic mass is 35.5. The molecule has 8 nitrogen and oxygen atoms in total. The SMILES string of the molecule is N#CNC(=O)C1(c2ccc(-c3ccc(-n4ncc(Cl)c4NC(=O)O)cc3)cc2)CC1. The third-order valence-electron chi connectivity index (χ3n) is 5.19. The summed E-state index contributed by atoms with van der Waals surface area (Å²) in [4.78, 5) is 23.1. The third kappa shape index (κ3) is 3.47. The van der Waals surface area contributed by atoms with Crippen molar-refractivity contribution in [3.63, 3.8) is 0 Å². The van der Waals surface area contributed by atoms with E-state index in [4.69, 9.17) is 22.0 Å². The van der Waals surface area contributed by atoms with E-state index in [1.165, 1.54) is 10.9 Å². The number of aromatic nitrogens is 2. The minimum atomic E-state index is -1.23. The number of anilines is 1. The van der Waals surface area contributed by atoms with Crippen molar-refractivity contribution in [1.29, 1.82) is 5.26 Å². The molecule has 0 atom stereocenters. The molecule has 2 aromatic carbocycles. The quantitative estimate of drug-likeness (QED) is 0.426. The average molecular weight is 422 g/mol. The maximum absolute atomic E-state index is 12.2. The number of carbonyl (C=O) groups is 2. The zero-order valence-electron chi connectivity index (χ0n) is 15.6. The van der Waals surface area contributed by atoms with Gasteiger partial charge in [0.25, 0.3) is 0 Å². The monoisotopic (exact) mass is 421 g/mol. The zero-order chi connectivity index (χ0) is 21.3. The van der Waals surface area contributed by atoms with Gasteiger partial charge in [0.15, 0.2) is 12.0 Å². The second kappa shape index (κ2) is 7.54. The van der Waals surface area contributed by atoms with Gasteiger partial charge in [0.05, 0.1) is 17.3 Å². The van der Waals surface area contributed by atoms with E-state index in [2.05, 4.69) is 15.7 Å². The van der Waals surface area contributed by atoms with Crippen LogP contribution in [0.5, 0.6) is 0 Å². The van der Waals surface area contributed by atoms with Gasteiger partial charge in [0, 0.05) is 0 Å². The normalized spacial score (nSPS) is 13.9. The van der Waals surface area contributed by atoms with E-state index in [0.29, 0.717) is 5.69 Å². The maximum atomic E-state index is 12.2. The first-order valence-corrected chi connectivity index (χ1v) is 9.47. The molecule has 3 aromatic rings. The van der Waals surface area contributed by atoms with E-state index in [-0.39, 0.29) is 16.7 Å². The Morgan fingerprint density at radius 1 is 1.10 bits per heavy atom. The van der Waals surface area contributed by atoms with Crippen molar-refractivity contribution < 1.29 is 14.7 Å². The second-order valence-corrected chi connectivity index (χ2v) is 7.36. The van der Waals surface area contributed by atoms with Crippen LogP contribution in [0, 0.1) is 11.5 Å². The number of nitrogens with one attached hydrogen (secondary N) is 2. The molecule has 9 heteroatoms. The van der Waals surface area contributed by atoms with E-state index >= 15 is 0 Å². The Balaban J connectivity index is 1.57. The van der Waals surface area contributed by atoms with Gasteiger partial charge in [0.1, 0.15) is 5.02 Å². The molecule has 1 aliphatic carbocycles. The Labute approximate surface area is 176 Å². The predicted octanol–water partition coefficient (Wildman–Crippen LogP) is 3.91. The minimum Gasteiger partial charge on any atom is -0.465 e. The molecule has 1 fully saturated rings. The van der Waals surface area contributed by atoms with Crippen molar-refractivity contribution >= 4 is 29.4 Å². The molecule has 0 spiro atoms. The van der Waals surface area contributed by atoms with Crippen molar-refractivity contribution in [3.8, 4) is 23.0 Å². The zero-order valence-corrected chi connectivity index (χ0v) is 16.3. The fraction of sp³-hybridized carbons (Fsp3) is 0.143. The van der Waals surface area contributed by atoms with E-state index < -0.39 is 11.5 Å². The van der Waals surface area contributed by atoms with Crippen LogP contribution in [-0.2, 0) is 10.2 Å². The van der Waals surface area contributed by atoms with Crippen LogP contribution in [0.25, 0.3) is 16.8 Å². The highest BCUT2D eigenvalue weighted by Gasteiger charge is 2.51. The number of benzene rings is 2. The molecule has 4 rings (SSSR count). The molecule has 1 aromatic heterocycles. The van der Waals surface area contributed by atoms with E-state index in [1.807, 2.05) is 48.5 Å². The van der Waals surface area contributed by atoms with Gasteiger partial charge in [-0.15, -0.1) is 0 Å². The number of rotatable bonds is 5. The standard InChI is InChI=1S/C21H16ClN5O3/c22-17-11-25-27(18(17)26-20(29)30)16-7-3-14(4-8-16)13-1-5-15(6-2-13)21(9-10-21)19(28)24-12-23/h1-8,11,26H,9-10H2,(H,24,28)(H,29,30). The van der Waals surface area contributed by atoms with Gasteiger partial charge in [-0.25, -0.2) is 9.48 Å². The summed E-state index contributed by atoms with van der Waals surface area (Å²) >= 11 is 6.01. The molecule has 0 aliphatic heterocycles. The van der Waals surface area contributed by atoms with Gasteiger partial charge in [-0.3, -0.25) is 15.4 Å². The number of carboxylic acid groups (broad SMARTS) is 1. The molecule has 3 N–H and O–H groups in total. The lowest BCUT2D eigenvalue weighted by Crippen LogP contribution is -2.31. The summed E-state index contributed by atoms with van der Waals surface area (Å²) in [6.45, 7) is 0. The van der Waals surface area contributed by atoms with Crippen molar-refractivity contribution in [3.05, 3.63) is 65.3 Å². The number of nitrogens with zero attached hydrogens (tertiary/aromatic N) is 3. The molecule has 150 valence electrons. The van der Waals surface area contributed by atoms with Gasteiger partial charge in [-0.2, -0.15) is 10.4 Å². The molecule has 0 saturated heterocycles. The van der Waals surface area contributed by atoms with Crippen LogP contribution in [0.15, 0.2) is 54.7 Å². The second-order valence-electron chi connectivity index (χ2n) is 6.96. The first kappa shape index (κ1) is 19.5. The number of amides is 2. The van der Waals surface area contributed by atoms with Crippen LogP contribution >= 0.6 is 11.6 Å². The third-order valence-corrected chi connectivity index (χ3v) is 5.46. The van der Waals surface area contributed by atoms with Gasteiger partial charge in [-0.1, -0.05) is 48.0 Å². The molecule has 1 saturated carbocycles. The summed E-state index contributed by atoms with van der Waals surface area (Å²) in [5.74, 6) is -0.0857. The molecule has 1 aliphatic rings. The summed E-state index contributed by atoms with van der Waals surface area (Å²) in [5.41, 5.74) is 2.86. The molecule has 0 radical (unpaired) electrons. The number of hydrogen-bond donors (Lipinski definition) is 3. The number of nitriles is 1. The Hall–Kier alpha value is -3.83. The van der Waals surface area contributed by atoms with Gasteiger partial charge >= 0.3 is 6.09 Å². The van der Waals surface area contributed by atoms with E-state index in [0.717, 1.165) is 29.5 Å². The molecule has 1 heterocycles. The van der Waals surface area contributed by atoms with Gasteiger partial charge < -0.3 is 5.11 Å². The molecular weight excluding hydrogens is 406 g/mol. The first-order valence-electron chi connectivity index (χ1n) is 9.09. The predicted molar refractivity (Wildman–Crippen MR) is 110 cm³/mol. The molecule has 2 amide bonds. The number of carbonyl (C=O) groups excluding carboxylic acids is 1. The van der Waals surface area contributed by atoms with Gasteiger partial charge in [-0.05, 0) is 41.7 Å². The van der Waals surface area contributed by atoms with E-state index in [1.54, 1.807) is 6.19 Å². The van der Waals surface area contributed by atoms with Crippen molar-refractivity contribution in [2.24, 2.45) is 0 Å². The summed E-state index contributed by atoms with van der Waals surface area (Å²) < 4.78 is 1.41. The minimum absolute atomic E-state index is 0.173. The van der Waals surface area contributed by atoms with Crippen LogP contribution in [0.1, 0.15) is 18.4 Å². The Kier molecular flexibility index (Phi) is 4.90. The summed E-state index contributed by atoms with van der Waals surface area (Å²) in [7, 11) is 0. The number of halogens is 1. The molecule has 0 unspecified atom stereocenters. The summed E-state index contributed by atoms with van der Waals surface area (Å²) in [6.07, 6.45) is 3.30. The summed E-state index contributed by atoms with van der Waals surface area (Å²) in [6, 6.07) is 15.1. The van der Waals surface area contributed by atoms with Crippen LogP contribution in [0.2, 0.25) is 5.02 Å².